The zero-order valence-electron chi connectivity index (χ0n) is 20.4. The van der Waals surface area contributed by atoms with E-state index in [2.05, 4.69) is 9.97 Å². The van der Waals surface area contributed by atoms with E-state index in [1.807, 2.05) is 37.8 Å². The van der Waals surface area contributed by atoms with Crippen LogP contribution in [0.25, 0.3) is 11.1 Å². The minimum atomic E-state index is -0.522. The van der Waals surface area contributed by atoms with Gasteiger partial charge in [-0.05, 0) is 73.9 Å². The van der Waals surface area contributed by atoms with Gasteiger partial charge in [-0.1, -0.05) is 23.2 Å². The molecule has 1 aromatic heterocycles. The third-order valence-electron chi connectivity index (χ3n) is 5.41. The normalized spacial score (nSPS) is 14.1. The van der Waals surface area contributed by atoms with E-state index in [0.29, 0.717) is 59.2 Å². The molecule has 0 saturated carbocycles. The van der Waals surface area contributed by atoms with E-state index in [9.17, 15) is 9.90 Å². The van der Waals surface area contributed by atoms with E-state index >= 15 is 0 Å². The first-order valence-electron chi connectivity index (χ1n) is 11.5. The van der Waals surface area contributed by atoms with Crippen molar-refractivity contribution < 1.29 is 19.4 Å². The van der Waals surface area contributed by atoms with Crippen LogP contribution in [0, 0.1) is 0 Å². The lowest BCUT2D eigenvalue weighted by Crippen LogP contribution is -2.50. The van der Waals surface area contributed by atoms with Crippen molar-refractivity contribution in [1.82, 2.24) is 14.9 Å². The Balaban J connectivity index is 1.43. The van der Waals surface area contributed by atoms with Gasteiger partial charge in [0.25, 0.3) is 0 Å². The van der Waals surface area contributed by atoms with Gasteiger partial charge in [0.05, 0.1) is 19.0 Å². The fraction of sp³-hybridized carbons (Fsp3) is 0.346. The van der Waals surface area contributed by atoms with Crippen LogP contribution in [0.5, 0.6) is 11.5 Å². The van der Waals surface area contributed by atoms with Gasteiger partial charge in [0.2, 0.25) is 5.95 Å². The predicted octanol–water partition coefficient (Wildman–Crippen LogP) is 5.79. The predicted molar refractivity (Wildman–Crippen MR) is 140 cm³/mol. The summed E-state index contributed by atoms with van der Waals surface area (Å²) in [6.07, 6.45) is 2.89. The summed E-state index contributed by atoms with van der Waals surface area (Å²) in [5.41, 5.74) is 1.77. The van der Waals surface area contributed by atoms with Crippen molar-refractivity contribution in [3.05, 3.63) is 64.4 Å². The zero-order chi connectivity index (χ0) is 25.9. The molecule has 2 heterocycles. The number of amides is 1. The highest BCUT2D eigenvalue weighted by Crippen LogP contribution is 2.32. The number of aromatic nitrogens is 2. The number of piperazine rings is 1. The van der Waals surface area contributed by atoms with Crippen LogP contribution in [0.1, 0.15) is 26.3 Å². The number of nitrogens with zero attached hydrogens (tertiary/aromatic N) is 4. The molecule has 10 heteroatoms. The lowest BCUT2D eigenvalue weighted by molar-refractivity contribution is 0.0240. The molecule has 1 N–H and O–H groups in total. The topological polar surface area (TPSA) is 88.0 Å². The number of ether oxygens (including phenoxy) is 2. The Morgan fingerprint density at radius 3 is 2.11 bits per heavy atom. The molecule has 0 bridgehead atoms. The first kappa shape index (κ1) is 26.0. The van der Waals surface area contributed by atoms with Crippen molar-refractivity contribution >= 4 is 35.2 Å². The van der Waals surface area contributed by atoms with Crippen LogP contribution >= 0.6 is 23.2 Å². The van der Waals surface area contributed by atoms with E-state index in [1.165, 1.54) is 0 Å². The summed E-state index contributed by atoms with van der Waals surface area (Å²) >= 11 is 12.3. The molecule has 36 heavy (non-hydrogen) atoms. The SMILES string of the molecule is CC(C)(C)OC(=O)N1CCN(c2ncc(Oc3cc(CO)cc(-c4cc(Cl)cc(Cl)c4)c3)cn2)CC1. The molecule has 0 radical (unpaired) electrons. The lowest BCUT2D eigenvalue weighted by Gasteiger charge is -2.35. The molecule has 4 rings (SSSR count). The van der Waals surface area contributed by atoms with Crippen LogP contribution < -0.4 is 9.64 Å². The van der Waals surface area contributed by atoms with E-state index in [-0.39, 0.29) is 12.7 Å². The highest BCUT2D eigenvalue weighted by atomic mass is 35.5. The molecular weight excluding hydrogens is 503 g/mol. The highest BCUT2D eigenvalue weighted by Gasteiger charge is 2.26. The van der Waals surface area contributed by atoms with Gasteiger partial charge < -0.3 is 24.4 Å². The average Bonchev–Trinajstić information content (AvgIpc) is 2.83. The van der Waals surface area contributed by atoms with Crippen LogP contribution in [0.2, 0.25) is 10.0 Å². The van der Waals surface area contributed by atoms with Gasteiger partial charge in [-0.3, -0.25) is 0 Å². The number of carbonyl (C=O) groups excluding carboxylic acids is 1. The van der Waals surface area contributed by atoms with E-state index < -0.39 is 5.60 Å². The molecule has 1 aliphatic heterocycles. The Morgan fingerprint density at radius 2 is 1.53 bits per heavy atom. The second kappa shape index (κ2) is 10.9. The number of hydrogen-bond donors (Lipinski definition) is 1. The van der Waals surface area contributed by atoms with Gasteiger partial charge in [0, 0.05) is 36.2 Å². The Hall–Kier alpha value is -3.07. The smallest absolute Gasteiger partial charge is 0.410 e. The fourth-order valence-electron chi connectivity index (χ4n) is 3.78. The number of aliphatic hydroxyl groups is 1. The monoisotopic (exact) mass is 530 g/mol. The summed E-state index contributed by atoms with van der Waals surface area (Å²) in [5, 5.41) is 10.8. The third kappa shape index (κ3) is 6.78. The maximum absolute atomic E-state index is 12.3. The summed E-state index contributed by atoms with van der Waals surface area (Å²) in [6, 6.07) is 10.7. The van der Waals surface area contributed by atoms with E-state index in [1.54, 1.807) is 41.6 Å². The number of carbonyl (C=O) groups is 1. The molecular formula is C26H28Cl2N4O4. The number of rotatable bonds is 5. The molecule has 0 aliphatic carbocycles. The number of hydrogen-bond acceptors (Lipinski definition) is 7. The molecule has 0 atom stereocenters. The molecule has 3 aromatic rings. The van der Waals surface area contributed by atoms with Crippen molar-refractivity contribution in [3.63, 3.8) is 0 Å². The number of aliphatic hydroxyl groups excluding tert-OH is 1. The molecule has 1 amide bonds. The second-order valence-electron chi connectivity index (χ2n) is 9.46. The first-order chi connectivity index (χ1) is 17.1. The van der Waals surface area contributed by atoms with Gasteiger partial charge in [0.1, 0.15) is 11.4 Å². The van der Waals surface area contributed by atoms with Crippen LogP contribution in [0.4, 0.5) is 10.7 Å². The largest absolute Gasteiger partial charge is 0.454 e. The van der Waals surface area contributed by atoms with Crippen molar-refractivity contribution in [2.24, 2.45) is 0 Å². The summed E-state index contributed by atoms with van der Waals surface area (Å²) < 4.78 is 11.4. The number of benzene rings is 2. The van der Waals surface area contributed by atoms with E-state index in [4.69, 9.17) is 32.7 Å². The molecule has 1 saturated heterocycles. The molecule has 1 fully saturated rings. The summed E-state index contributed by atoms with van der Waals surface area (Å²) in [4.78, 5) is 24.9. The molecule has 0 spiro atoms. The van der Waals surface area contributed by atoms with Crippen molar-refractivity contribution in [2.45, 2.75) is 33.0 Å². The Labute approximate surface area is 220 Å². The van der Waals surface area contributed by atoms with Gasteiger partial charge in [-0.15, -0.1) is 0 Å². The standard InChI is InChI=1S/C26H28Cl2N4O4/c1-26(2,3)36-25(34)32-6-4-31(5-7-32)24-29-14-23(15-30-24)35-22-9-17(16-33)8-18(12-22)19-10-20(27)13-21(28)11-19/h8-15,33H,4-7,16H2,1-3H3. The summed E-state index contributed by atoms with van der Waals surface area (Å²) in [6.45, 7) is 7.67. The lowest BCUT2D eigenvalue weighted by atomic mass is 10.0. The number of anilines is 1. The summed E-state index contributed by atoms with van der Waals surface area (Å²) in [7, 11) is 0. The third-order valence-corrected chi connectivity index (χ3v) is 5.85. The maximum Gasteiger partial charge on any atom is 0.410 e. The number of halogens is 2. The summed E-state index contributed by atoms with van der Waals surface area (Å²) in [5.74, 6) is 1.54. The van der Waals surface area contributed by atoms with Crippen molar-refractivity contribution in [1.29, 1.82) is 0 Å². The van der Waals surface area contributed by atoms with E-state index in [0.717, 1.165) is 11.1 Å². The molecule has 2 aromatic carbocycles. The quantitative estimate of drug-likeness (QED) is 0.446. The van der Waals surface area contributed by atoms with Gasteiger partial charge >= 0.3 is 6.09 Å². The van der Waals surface area contributed by atoms with Crippen LogP contribution in [0.15, 0.2) is 48.8 Å². The van der Waals surface area contributed by atoms with Crippen molar-refractivity contribution in [3.8, 4) is 22.6 Å². The van der Waals surface area contributed by atoms with Crippen LogP contribution in [0.3, 0.4) is 0 Å². The minimum Gasteiger partial charge on any atom is -0.454 e. The Kier molecular flexibility index (Phi) is 7.88. The molecule has 1 aliphatic rings. The second-order valence-corrected chi connectivity index (χ2v) is 10.3. The Bertz CT molecular complexity index is 1200. The molecule has 190 valence electrons. The maximum atomic E-state index is 12.3. The molecule has 8 nitrogen and oxygen atoms in total. The van der Waals surface area contributed by atoms with Gasteiger partial charge in [0.15, 0.2) is 5.75 Å². The Morgan fingerprint density at radius 1 is 0.917 bits per heavy atom. The van der Waals surface area contributed by atoms with Gasteiger partial charge in [-0.2, -0.15) is 0 Å². The fourth-order valence-corrected chi connectivity index (χ4v) is 4.30. The van der Waals surface area contributed by atoms with Crippen molar-refractivity contribution in [2.75, 3.05) is 31.1 Å². The van der Waals surface area contributed by atoms with Crippen LogP contribution in [-0.4, -0.2) is 57.8 Å². The molecule has 0 unspecified atom stereocenters. The first-order valence-corrected chi connectivity index (χ1v) is 12.3. The van der Waals surface area contributed by atoms with Gasteiger partial charge in [-0.25, -0.2) is 14.8 Å². The zero-order valence-corrected chi connectivity index (χ0v) is 21.9. The van der Waals surface area contributed by atoms with Crippen LogP contribution in [-0.2, 0) is 11.3 Å². The minimum absolute atomic E-state index is 0.150. The average molecular weight is 531 g/mol. The highest BCUT2D eigenvalue weighted by molar-refractivity contribution is 6.35.